The summed E-state index contributed by atoms with van der Waals surface area (Å²) < 4.78 is 15.8. The van der Waals surface area contributed by atoms with Crippen molar-refractivity contribution in [3.05, 3.63) is 53.4 Å². The zero-order valence-electron chi connectivity index (χ0n) is 13.4. The van der Waals surface area contributed by atoms with E-state index in [1.807, 2.05) is 0 Å². The van der Waals surface area contributed by atoms with Crippen LogP contribution in [0.4, 0.5) is 5.69 Å². The highest BCUT2D eigenvalue weighted by Crippen LogP contribution is 2.33. The van der Waals surface area contributed by atoms with Crippen LogP contribution in [0.1, 0.15) is 10.5 Å². The number of halogens is 1. The molecule has 0 fully saturated rings. The number of ether oxygens (including phenoxy) is 2. The van der Waals surface area contributed by atoms with Crippen molar-refractivity contribution >= 4 is 23.2 Å². The molecule has 3 aromatic rings. The largest absolute Gasteiger partial charge is 0.497 e. The SMILES string of the molecule is COc1ccc(OC)c(-c2cc(C(=O)Nc3ccc(Cl)nc3)no2)c1. The third-order valence-electron chi connectivity index (χ3n) is 3.40. The fourth-order valence-electron chi connectivity index (χ4n) is 2.16. The van der Waals surface area contributed by atoms with E-state index in [1.54, 1.807) is 44.6 Å². The van der Waals surface area contributed by atoms with E-state index >= 15 is 0 Å². The maximum atomic E-state index is 12.3. The summed E-state index contributed by atoms with van der Waals surface area (Å²) in [5.74, 6) is 1.16. The minimum atomic E-state index is -0.430. The van der Waals surface area contributed by atoms with Gasteiger partial charge in [-0.05, 0) is 30.3 Å². The monoisotopic (exact) mass is 359 g/mol. The zero-order chi connectivity index (χ0) is 17.8. The minimum absolute atomic E-state index is 0.120. The summed E-state index contributed by atoms with van der Waals surface area (Å²) in [6.07, 6.45) is 1.45. The molecule has 0 aliphatic heterocycles. The first kappa shape index (κ1) is 16.8. The Hall–Kier alpha value is -3.06. The van der Waals surface area contributed by atoms with Gasteiger partial charge in [-0.15, -0.1) is 0 Å². The molecular formula is C17H14ClN3O4. The molecule has 1 N–H and O–H groups in total. The number of pyridine rings is 1. The smallest absolute Gasteiger partial charge is 0.277 e. The number of hydrogen-bond acceptors (Lipinski definition) is 6. The van der Waals surface area contributed by atoms with Gasteiger partial charge < -0.3 is 19.3 Å². The Kier molecular flexibility index (Phi) is 4.85. The maximum Gasteiger partial charge on any atom is 0.277 e. The number of aromatic nitrogens is 2. The summed E-state index contributed by atoms with van der Waals surface area (Å²) in [5, 5.41) is 6.81. The molecule has 0 saturated carbocycles. The zero-order valence-corrected chi connectivity index (χ0v) is 14.2. The molecule has 1 aromatic carbocycles. The van der Waals surface area contributed by atoms with Gasteiger partial charge >= 0.3 is 0 Å². The molecule has 0 atom stereocenters. The lowest BCUT2D eigenvalue weighted by molar-refractivity contribution is 0.101. The molecule has 0 aliphatic rings. The summed E-state index contributed by atoms with van der Waals surface area (Å²) in [4.78, 5) is 16.2. The number of nitrogens with one attached hydrogen (secondary N) is 1. The molecule has 0 unspecified atom stereocenters. The fraction of sp³-hybridized carbons (Fsp3) is 0.118. The van der Waals surface area contributed by atoms with Crippen LogP contribution in [-0.4, -0.2) is 30.3 Å². The van der Waals surface area contributed by atoms with E-state index in [9.17, 15) is 4.79 Å². The van der Waals surface area contributed by atoms with Crippen molar-refractivity contribution in [2.24, 2.45) is 0 Å². The lowest BCUT2D eigenvalue weighted by atomic mass is 10.1. The highest BCUT2D eigenvalue weighted by molar-refractivity contribution is 6.29. The van der Waals surface area contributed by atoms with Crippen LogP contribution in [0.2, 0.25) is 5.15 Å². The number of carbonyl (C=O) groups is 1. The quantitative estimate of drug-likeness (QED) is 0.699. The van der Waals surface area contributed by atoms with Crippen LogP contribution in [0.3, 0.4) is 0 Å². The average molecular weight is 360 g/mol. The lowest BCUT2D eigenvalue weighted by Gasteiger charge is -2.07. The van der Waals surface area contributed by atoms with Crippen LogP contribution in [-0.2, 0) is 0 Å². The number of carbonyl (C=O) groups excluding carboxylic acids is 1. The third kappa shape index (κ3) is 3.72. The summed E-state index contributed by atoms with van der Waals surface area (Å²) in [7, 11) is 3.10. The van der Waals surface area contributed by atoms with Crippen LogP contribution >= 0.6 is 11.6 Å². The standard InChI is InChI=1S/C17H14ClN3O4/c1-23-11-4-5-14(24-2)12(7-11)15-8-13(21-25-15)17(22)20-10-3-6-16(18)19-9-10/h3-9H,1-2H3,(H,20,22). The number of nitrogens with zero attached hydrogens (tertiary/aromatic N) is 2. The van der Waals surface area contributed by atoms with Gasteiger partial charge in [0.15, 0.2) is 11.5 Å². The first-order valence-corrected chi connectivity index (χ1v) is 7.60. The first-order chi connectivity index (χ1) is 12.1. The van der Waals surface area contributed by atoms with E-state index in [-0.39, 0.29) is 5.69 Å². The van der Waals surface area contributed by atoms with Gasteiger partial charge in [0.2, 0.25) is 0 Å². The topological polar surface area (TPSA) is 86.5 Å². The van der Waals surface area contributed by atoms with Gasteiger partial charge in [0.05, 0.1) is 31.7 Å². The molecule has 128 valence electrons. The Balaban J connectivity index is 1.84. The summed E-state index contributed by atoms with van der Waals surface area (Å²) in [5.41, 5.74) is 1.24. The number of benzene rings is 1. The molecule has 0 radical (unpaired) electrons. The molecular weight excluding hydrogens is 346 g/mol. The summed E-state index contributed by atoms with van der Waals surface area (Å²) >= 11 is 5.72. The Labute approximate surface area is 148 Å². The molecule has 3 rings (SSSR count). The van der Waals surface area contributed by atoms with Gasteiger partial charge in [-0.25, -0.2) is 4.98 Å². The first-order valence-electron chi connectivity index (χ1n) is 7.22. The van der Waals surface area contributed by atoms with Gasteiger partial charge in [-0.3, -0.25) is 4.79 Å². The van der Waals surface area contributed by atoms with Crippen molar-refractivity contribution in [3.63, 3.8) is 0 Å². The molecule has 0 saturated heterocycles. The van der Waals surface area contributed by atoms with Crippen molar-refractivity contribution in [3.8, 4) is 22.8 Å². The number of methoxy groups -OCH3 is 2. The van der Waals surface area contributed by atoms with Crippen LogP contribution in [0.5, 0.6) is 11.5 Å². The number of amides is 1. The van der Waals surface area contributed by atoms with Gasteiger partial charge in [-0.2, -0.15) is 0 Å². The van der Waals surface area contributed by atoms with E-state index in [0.717, 1.165) is 0 Å². The van der Waals surface area contributed by atoms with E-state index in [0.29, 0.717) is 33.7 Å². The van der Waals surface area contributed by atoms with E-state index in [4.69, 9.17) is 25.6 Å². The Morgan fingerprint density at radius 1 is 1.16 bits per heavy atom. The molecule has 0 bridgehead atoms. The maximum absolute atomic E-state index is 12.3. The van der Waals surface area contributed by atoms with Crippen LogP contribution in [0.15, 0.2) is 47.1 Å². The molecule has 0 aliphatic carbocycles. The normalized spacial score (nSPS) is 10.4. The lowest BCUT2D eigenvalue weighted by Crippen LogP contribution is -2.12. The van der Waals surface area contributed by atoms with E-state index in [1.165, 1.54) is 12.3 Å². The third-order valence-corrected chi connectivity index (χ3v) is 3.62. The second-order valence-corrected chi connectivity index (χ2v) is 5.35. The second kappa shape index (κ2) is 7.23. The molecule has 0 spiro atoms. The average Bonchev–Trinajstić information content (AvgIpc) is 3.13. The van der Waals surface area contributed by atoms with Crippen molar-refractivity contribution < 1.29 is 18.8 Å². The van der Waals surface area contributed by atoms with Crippen LogP contribution in [0.25, 0.3) is 11.3 Å². The van der Waals surface area contributed by atoms with Crippen molar-refractivity contribution in [2.75, 3.05) is 19.5 Å². The van der Waals surface area contributed by atoms with Crippen LogP contribution < -0.4 is 14.8 Å². The molecule has 7 nitrogen and oxygen atoms in total. The predicted molar refractivity (Wildman–Crippen MR) is 92.2 cm³/mol. The second-order valence-electron chi connectivity index (χ2n) is 4.97. The van der Waals surface area contributed by atoms with Gasteiger partial charge in [0, 0.05) is 6.07 Å². The summed E-state index contributed by atoms with van der Waals surface area (Å²) in [6, 6.07) is 9.99. The molecule has 1 amide bonds. The molecule has 8 heteroatoms. The number of rotatable bonds is 5. The molecule has 2 heterocycles. The number of anilines is 1. The predicted octanol–water partition coefficient (Wildman–Crippen LogP) is 3.66. The minimum Gasteiger partial charge on any atom is -0.497 e. The van der Waals surface area contributed by atoms with Gasteiger partial charge in [0.25, 0.3) is 5.91 Å². The summed E-state index contributed by atoms with van der Waals surface area (Å²) in [6.45, 7) is 0. The van der Waals surface area contributed by atoms with Crippen molar-refractivity contribution in [1.29, 1.82) is 0 Å². The van der Waals surface area contributed by atoms with Crippen molar-refractivity contribution in [1.82, 2.24) is 10.1 Å². The highest BCUT2D eigenvalue weighted by atomic mass is 35.5. The highest BCUT2D eigenvalue weighted by Gasteiger charge is 2.17. The number of hydrogen-bond donors (Lipinski definition) is 1. The van der Waals surface area contributed by atoms with E-state index < -0.39 is 5.91 Å². The molecule has 2 aromatic heterocycles. The van der Waals surface area contributed by atoms with Crippen LogP contribution in [0, 0.1) is 0 Å². The Bertz CT molecular complexity index is 893. The van der Waals surface area contributed by atoms with Gasteiger partial charge in [0.1, 0.15) is 16.7 Å². The Morgan fingerprint density at radius 3 is 2.68 bits per heavy atom. The van der Waals surface area contributed by atoms with Gasteiger partial charge in [-0.1, -0.05) is 16.8 Å². The van der Waals surface area contributed by atoms with E-state index in [2.05, 4.69) is 15.5 Å². The molecule has 25 heavy (non-hydrogen) atoms. The van der Waals surface area contributed by atoms with Crippen molar-refractivity contribution in [2.45, 2.75) is 0 Å². The fourth-order valence-corrected chi connectivity index (χ4v) is 2.27. The Morgan fingerprint density at radius 2 is 2.00 bits per heavy atom.